The molecule has 0 amide bonds. The van der Waals surface area contributed by atoms with Gasteiger partial charge in [-0.25, -0.2) is 0 Å². The zero-order chi connectivity index (χ0) is 22.3. The van der Waals surface area contributed by atoms with Crippen molar-refractivity contribution in [2.24, 2.45) is 11.7 Å². The summed E-state index contributed by atoms with van der Waals surface area (Å²) >= 11 is 1.41. The van der Waals surface area contributed by atoms with Crippen molar-refractivity contribution >= 4 is 34.5 Å². The number of alkyl halides is 3. The van der Waals surface area contributed by atoms with Gasteiger partial charge < -0.3 is 21.3 Å². The molecule has 2 aromatic rings. The van der Waals surface area contributed by atoms with Crippen LogP contribution in [0.3, 0.4) is 0 Å². The molecule has 1 saturated carbocycles. The second kappa shape index (κ2) is 8.71. The minimum atomic E-state index is -4.39. The molecule has 0 spiro atoms. The lowest BCUT2D eigenvalue weighted by Gasteiger charge is -2.29. The number of nitrogens with zero attached hydrogens (tertiary/aromatic N) is 1. The Morgan fingerprint density at radius 1 is 1.06 bits per heavy atom. The molecular weight excluding hydrogens is 433 g/mol. The maximum absolute atomic E-state index is 13.7. The molecule has 4 nitrogen and oxygen atoms in total. The molecule has 3 aliphatic rings. The monoisotopic (exact) mass is 462 g/mol. The average Bonchev–Trinajstić information content (AvgIpc) is 3.30. The number of nitrogens with one attached hydrogen (secondary N) is 2. The van der Waals surface area contributed by atoms with Crippen molar-refractivity contribution in [1.29, 1.82) is 0 Å². The van der Waals surface area contributed by atoms with Gasteiger partial charge >= 0.3 is 6.18 Å². The van der Waals surface area contributed by atoms with Gasteiger partial charge in [-0.1, -0.05) is 18.2 Å². The molecule has 2 aliphatic heterocycles. The number of benzene rings is 2. The fourth-order valence-corrected chi connectivity index (χ4v) is 6.12. The van der Waals surface area contributed by atoms with E-state index in [1.54, 1.807) is 0 Å². The number of hydrogen-bond donors (Lipinski definition) is 3. The van der Waals surface area contributed by atoms with E-state index < -0.39 is 11.7 Å². The van der Waals surface area contributed by atoms with E-state index in [2.05, 4.69) is 27.7 Å². The fourth-order valence-electron chi connectivity index (χ4n) is 5.02. The fraction of sp³-hybridized carbons (Fsp3) is 0.500. The topological polar surface area (TPSA) is 53.3 Å². The molecule has 5 rings (SSSR count). The summed E-state index contributed by atoms with van der Waals surface area (Å²) in [7, 11) is 0. The average molecular weight is 463 g/mol. The smallest absolute Gasteiger partial charge is 0.383 e. The maximum Gasteiger partial charge on any atom is 0.416 e. The van der Waals surface area contributed by atoms with Gasteiger partial charge in [-0.05, 0) is 68.4 Å². The Balaban J connectivity index is 1.43. The zero-order valence-corrected chi connectivity index (χ0v) is 18.8. The Hall–Kier alpha value is -2.06. The summed E-state index contributed by atoms with van der Waals surface area (Å²) in [6.45, 7) is 2.70. The Morgan fingerprint density at radius 3 is 2.62 bits per heavy atom. The number of hydrogen-bond acceptors (Lipinski definition) is 5. The summed E-state index contributed by atoms with van der Waals surface area (Å²) in [5.74, 6) is 0.385. The molecule has 1 saturated heterocycles. The SMILES string of the molecule is NC1CCCC(CNc2cc(C(F)(F)F)cc3c2Nc2ccc(N4CCCC4)cc2S3)C1. The second-order valence-electron chi connectivity index (χ2n) is 9.17. The number of nitrogens with two attached hydrogens (primary N) is 1. The van der Waals surface area contributed by atoms with Gasteiger partial charge in [-0.3, -0.25) is 0 Å². The minimum Gasteiger partial charge on any atom is -0.383 e. The Morgan fingerprint density at radius 2 is 1.88 bits per heavy atom. The molecule has 0 aromatic heterocycles. The van der Waals surface area contributed by atoms with Gasteiger partial charge in [0.15, 0.2) is 0 Å². The van der Waals surface area contributed by atoms with Crippen LogP contribution < -0.4 is 21.3 Å². The van der Waals surface area contributed by atoms with Gasteiger partial charge in [0.05, 0.1) is 22.6 Å². The molecule has 2 fully saturated rings. The molecule has 32 heavy (non-hydrogen) atoms. The van der Waals surface area contributed by atoms with Crippen LogP contribution >= 0.6 is 11.8 Å². The first kappa shape index (κ1) is 21.8. The highest BCUT2D eigenvalue weighted by Crippen LogP contribution is 2.50. The first-order valence-electron chi connectivity index (χ1n) is 11.5. The van der Waals surface area contributed by atoms with E-state index in [0.717, 1.165) is 60.7 Å². The third-order valence-electron chi connectivity index (χ3n) is 6.75. The molecule has 4 N–H and O–H groups in total. The predicted molar refractivity (Wildman–Crippen MR) is 125 cm³/mol. The van der Waals surface area contributed by atoms with E-state index in [1.165, 1.54) is 36.7 Å². The molecular formula is C24H29F3N4S. The van der Waals surface area contributed by atoms with E-state index in [4.69, 9.17) is 5.73 Å². The summed E-state index contributed by atoms with van der Waals surface area (Å²) in [5.41, 5.74) is 8.79. The van der Waals surface area contributed by atoms with Crippen molar-refractivity contribution in [2.75, 3.05) is 35.2 Å². The van der Waals surface area contributed by atoms with Crippen molar-refractivity contribution in [2.45, 2.75) is 60.5 Å². The molecule has 1 aliphatic carbocycles. The maximum atomic E-state index is 13.7. The Kier molecular flexibility index (Phi) is 5.92. The molecule has 2 atom stereocenters. The Bertz CT molecular complexity index is 988. The van der Waals surface area contributed by atoms with Gasteiger partial charge in [-0.15, -0.1) is 0 Å². The third kappa shape index (κ3) is 4.53. The van der Waals surface area contributed by atoms with Crippen LogP contribution in [0.2, 0.25) is 0 Å². The molecule has 8 heteroatoms. The van der Waals surface area contributed by atoms with Gasteiger partial charge in [-0.2, -0.15) is 13.2 Å². The van der Waals surface area contributed by atoms with Gasteiger partial charge in [0.1, 0.15) is 0 Å². The summed E-state index contributed by atoms with van der Waals surface area (Å²) < 4.78 is 41.0. The van der Waals surface area contributed by atoms with Crippen LogP contribution in [0, 0.1) is 5.92 Å². The molecule has 2 heterocycles. The number of halogens is 3. The normalized spacial score (nSPS) is 22.8. The van der Waals surface area contributed by atoms with Crippen molar-refractivity contribution in [3.8, 4) is 0 Å². The van der Waals surface area contributed by atoms with Crippen LogP contribution in [-0.4, -0.2) is 25.7 Å². The lowest BCUT2D eigenvalue weighted by atomic mass is 9.86. The predicted octanol–water partition coefficient (Wildman–Crippen LogP) is 6.44. The summed E-state index contributed by atoms with van der Waals surface area (Å²) in [5, 5.41) is 6.73. The number of fused-ring (bicyclic) bond motifs is 2. The molecule has 0 radical (unpaired) electrons. The van der Waals surface area contributed by atoms with Crippen molar-refractivity contribution in [3.63, 3.8) is 0 Å². The van der Waals surface area contributed by atoms with Crippen molar-refractivity contribution in [3.05, 3.63) is 35.9 Å². The highest BCUT2D eigenvalue weighted by molar-refractivity contribution is 7.99. The van der Waals surface area contributed by atoms with Crippen LogP contribution in [0.15, 0.2) is 40.1 Å². The summed E-state index contributed by atoms with van der Waals surface area (Å²) in [6, 6.07) is 8.93. The highest BCUT2D eigenvalue weighted by Gasteiger charge is 2.34. The number of rotatable bonds is 4. The van der Waals surface area contributed by atoms with Crippen LogP contribution in [0.1, 0.15) is 44.1 Å². The lowest BCUT2D eigenvalue weighted by molar-refractivity contribution is -0.137. The van der Waals surface area contributed by atoms with E-state index in [-0.39, 0.29) is 6.04 Å². The van der Waals surface area contributed by atoms with Crippen molar-refractivity contribution < 1.29 is 13.2 Å². The third-order valence-corrected chi connectivity index (χ3v) is 7.85. The number of anilines is 4. The molecule has 2 unspecified atom stereocenters. The van der Waals surface area contributed by atoms with E-state index >= 15 is 0 Å². The second-order valence-corrected chi connectivity index (χ2v) is 10.3. The van der Waals surface area contributed by atoms with Gasteiger partial charge in [0.2, 0.25) is 0 Å². The minimum absolute atomic E-state index is 0.191. The van der Waals surface area contributed by atoms with E-state index in [1.807, 2.05) is 6.07 Å². The first-order chi connectivity index (χ1) is 15.4. The van der Waals surface area contributed by atoms with Crippen LogP contribution in [0.25, 0.3) is 0 Å². The quantitative estimate of drug-likeness (QED) is 0.416. The van der Waals surface area contributed by atoms with Gasteiger partial charge in [0, 0.05) is 41.2 Å². The molecule has 172 valence electrons. The summed E-state index contributed by atoms with van der Waals surface area (Å²) in [4.78, 5) is 3.91. The highest BCUT2D eigenvalue weighted by atomic mass is 32.2. The largest absolute Gasteiger partial charge is 0.416 e. The lowest BCUT2D eigenvalue weighted by Crippen LogP contribution is -2.31. The standard InChI is InChI=1S/C24H29F3N4S/c25-24(26,27)16-11-20(29-14-15-4-3-5-17(28)10-15)23-22(12-16)32-21-13-18(6-7-19(21)30-23)31-8-1-2-9-31/h6-7,11-13,15,17,29-30H,1-5,8-10,14,28H2. The van der Waals surface area contributed by atoms with Crippen LogP contribution in [0.5, 0.6) is 0 Å². The van der Waals surface area contributed by atoms with E-state index in [0.29, 0.717) is 23.0 Å². The van der Waals surface area contributed by atoms with Crippen LogP contribution in [0.4, 0.5) is 35.9 Å². The zero-order valence-electron chi connectivity index (χ0n) is 18.0. The van der Waals surface area contributed by atoms with Crippen LogP contribution in [-0.2, 0) is 6.18 Å². The molecule has 0 bridgehead atoms. The van der Waals surface area contributed by atoms with Crippen molar-refractivity contribution in [1.82, 2.24) is 0 Å². The van der Waals surface area contributed by atoms with Gasteiger partial charge in [0.25, 0.3) is 0 Å². The first-order valence-corrected chi connectivity index (χ1v) is 12.3. The molecule has 2 aromatic carbocycles. The van der Waals surface area contributed by atoms with E-state index in [9.17, 15) is 13.2 Å². The Labute approximate surface area is 191 Å². The summed E-state index contributed by atoms with van der Waals surface area (Å²) in [6.07, 6.45) is 2.06.